The Bertz CT molecular complexity index is 729. The minimum absolute atomic E-state index is 0.401. The molecule has 4 heteroatoms. The number of ether oxygens (including phenoxy) is 2. The maximum atomic E-state index is 6.12. The van der Waals surface area contributed by atoms with Crippen LogP contribution < -0.4 is 20.9 Å². The zero-order valence-corrected chi connectivity index (χ0v) is 14.6. The highest BCUT2D eigenvalue weighted by molar-refractivity contribution is 5.26. The van der Waals surface area contributed by atoms with E-state index in [0.29, 0.717) is 12.8 Å². The van der Waals surface area contributed by atoms with Gasteiger partial charge in [-0.1, -0.05) is 60.7 Å². The summed E-state index contributed by atoms with van der Waals surface area (Å²) in [5.74, 6) is 1.55. The van der Waals surface area contributed by atoms with E-state index in [1.54, 1.807) is 0 Å². The molecule has 0 saturated carbocycles. The lowest BCUT2D eigenvalue weighted by atomic mass is 10.0. The Balaban J connectivity index is 1.55. The van der Waals surface area contributed by atoms with Crippen molar-refractivity contribution in [3.05, 3.63) is 96.1 Å². The summed E-state index contributed by atoms with van der Waals surface area (Å²) in [5.41, 5.74) is 14.5. The van der Waals surface area contributed by atoms with E-state index >= 15 is 0 Å². The van der Waals surface area contributed by atoms with E-state index in [-0.39, 0.29) is 0 Å². The molecule has 0 saturated heterocycles. The molecular weight excluding hydrogens is 324 g/mol. The van der Waals surface area contributed by atoms with Gasteiger partial charge in [-0.3, -0.25) is 11.5 Å². The van der Waals surface area contributed by atoms with E-state index in [1.807, 2.05) is 78.9 Å². The highest BCUT2D eigenvalue weighted by Crippen LogP contribution is 2.15. The Labute approximate surface area is 154 Å². The third-order valence-corrected chi connectivity index (χ3v) is 3.93. The Hall–Kier alpha value is -2.82. The molecule has 0 bridgehead atoms. The van der Waals surface area contributed by atoms with Gasteiger partial charge in [0.05, 0.1) is 0 Å². The van der Waals surface area contributed by atoms with Crippen LogP contribution in [-0.4, -0.2) is 12.5 Å². The Morgan fingerprint density at radius 1 is 0.577 bits per heavy atom. The second-order valence-electron chi connectivity index (χ2n) is 6.17. The highest BCUT2D eigenvalue weighted by atomic mass is 16.5. The maximum absolute atomic E-state index is 6.12. The second-order valence-corrected chi connectivity index (χ2v) is 6.17. The van der Waals surface area contributed by atoms with Crippen LogP contribution in [0.2, 0.25) is 0 Å². The van der Waals surface area contributed by atoms with Gasteiger partial charge in [-0.2, -0.15) is 0 Å². The Morgan fingerprint density at radius 2 is 1.00 bits per heavy atom. The van der Waals surface area contributed by atoms with Crippen molar-refractivity contribution in [1.82, 2.24) is 0 Å². The third kappa shape index (κ3) is 5.62. The molecule has 4 N–H and O–H groups in total. The number of rotatable bonds is 8. The van der Waals surface area contributed by atoms with Crippen LogP contribution in [0, 0.1) is 0 Å². The topological polar surface area (TPSA) is 70.5 Å². The van der Waals surface area contributed by atoms with E-state index in [9.17, 15) is 0 Å². The van der Waals surface area contributed by atoms with Crippen LogP contribution in [0.25, 0.3) is 0 Å². The van der Waals surface area contributed by atoms with Crippen LogP contribution in [-0.2, 0) is 12.8 Å². The fourth-order valence-electron chi connectivity index (χ4n) is 2.78. The molecule has 0 aliphatic heterocycles. The summed E-state index contributed by atoms with van der Waals surface area (Å²) in [6.45, 7) is 0. The molecule has 134 valence electrons. The van der Waals surface area contributed by atoms with Crippen molar-refractivity contribution in [2.24, 2.45) is 11.5 Å². The standard InChI is InChI=1S/C22H24N2O2/c23-21(25-19-10-3-1-4-11-19)15-17-8-7-9-18(14-17)16-22(24)26-20-12-5-2-6-13-20/h1-14,21-22H,15-16,23-24H2. The fraction of sp³-hybridized carbons (Fsp3) is 0.182. The normalized spacial score (nSPS) is 13.0. The zero-order chi connectivity index (χ0) is 18.2. The molecule has 3 aromatic rings. The third-order valence-electron chi connectivity index (χ3n) is 3.93. The van der Waals surface area contributed by atoms with E-state index in [0.717, 1.165) is 22.6 Å². The molecule has 0 aliphatic rings. The maximum Gasteiger partial charge on any atom is 0.151 e. The summed E-state index contributed by atoms with van der Waals surface area (Å²) < 4.78 is 11.5. The fourth-order valence-corrected chi connectivity index (χ4v) is 2.78. The lowest BCUT2D eigenvalue weighted by Gasteiger charge is -2.17. The second kappa shape index (κ2) is 9.04. The van der Waals surface area contributed by atoms with E-state index in [1.165, 1.54) is 0 Å². The van der Waals surface area contributed by atoms with Crippen LogP contribution >= 0.6 is 0 Å². The number of hydrogen-bond acceptors (Lipinski definition) is 4. The van der Waals surface area contributed by atoms with Crippen LogP contribution in [0.1, 0.15) is 11.1 Å². The number of para-hydroxylation sites is 2. The Kier molecular flexibility index (Phi) is 6.25. The molecule has 26 heavy (non-hydrogen) atoms. The lowest BCUT2D eigenvalue weighted by Crippen LogP contribution is -2.30. The average Bonchev–Trinajstić information content (AvgIpc) is 2.63. The largest absolute Gasteiger partial charge is 0.475 e. The van der Waals surface area contributed by atoms with E-state index in [2.05, 4.69) is 6.07 Å². The SMILES string of the molecule is NC(Cc1cccc(CC(N)Oc2ccccc2)c1)Oc1ccccc1. The van der Waals surface area contributed by atoms with Gasteiger partial charge in [-0.15, -0.1) is 0 Å². The summed E-state index contributed by atoms with van der Waals surface area (Å²) in [4.78, 5) is 0. The van der Waals surface area contributed by atoms with Crippen molar-refractivity contribution in [2.75, 3.05) is 0 Å². The molecular formula is C22H24N2O2. The molecule has 0 aromatic heterocycles. The first-order chi connectivity index (χ1) is 12.7. The summed E-state index contributed by atoms with van der Waals surface area (Å²) in [7, 11) is 0. The van der Waals surface area contributed by atoms with Gasteiger partial charge in [0.1, 0.15) is 11.5 Å². The van der Waals surface area contributed by atoms with Gasteiger partial charge >= 0.3 is 0 Å². The summed E-state index contributed by atoms with van der Waals surface area (Å²) in [6, 6.07) is 27.4. The first-order valence-corrected chi connectivity index (χ1v) is 8.71. The summed E-state index contributed by atoms with van der Waals surface area (Å²) >= 11 is 0. The molecule has 0 aliphatic carbocycles. The van der Waals surface area contributed by atoms with Gasteiger partial charge < -0.3 is 9.47 Å². The molecule has 0 spiro atoms. The van der Waals surface area contributed by atoms with Gasteiger partial charge in [0, 0.05) is 12.8 Å². The van der Waals surface area contributed by atoms with Gasteiger partial charge in [0.2, 0.25) is 0 Å². The van der Waals surface area contributed by atoms with Crippen LogP contribution in [0.4, 0.5) is 0 Å². The smallest absolute Gasteiger partial charge is 0.151 e. The summed E-state index contributed by atoms with van der Waals surface area (Å²) in [5, 5.41) is 0. The Morgan fingerprint density at radius 3 is 1.42 bits per heavy atom. The van der Waals surface area contributed by atoms with Crippen LogP contribution in [0.5, 0.6) is 11.5 Å². The number of benzene rings is 3. The van der Waals surface area contributed by atoms with Crippen molar-refractivity contribution in [3.8, 4) is 11.5 Å². The number of nitrogens with two attached hydrogens (primary N) is 2. The van der Waals surface area contributed by atoms with Crippen molar-refractivity contribution in [1.29, 1.82) is 0 Å². The van der Waals surface area contributed by atoms with Gasteiger partial charge in [0.25, 0.3) is 0 Å². The zero-order valence-electron chi connectivity index (χ0n) is 14.6. The molecule has 0 heterocycles. The number of hydrogen-bond donors (Lipinski definition) is 2. The minimum Gasteiger partial charge on any atom is -0.475 e. The van der Waals surface area contributed by atoms with Crippen LogP contribution in [0.15, 0.2) is 84.9 Å². The molecule has 2 atom stereocenters. The molecule has 4 nitrogen and oxygen atoms in total. The molecule has 0 radical (unpaired) electrons. The first-order valence-electron chi connectivity index (χ1n) is 8.71. The van der Waals surface area contributed by atoms with Gasteiger partial charge in [-0.05, 0) is 35.4 Å². The van der Waals surface area contributed by atoms with E-state index in [4.69, 9.17) is 20.9 Å². The lowest BCUT2D eigenvalue weighted by molar-refractivity contribution is 0.208. The predicted octanol–water partition coefficient (Wildman–Crippen LogP) is 3.50. The van der Waals surface area contributed by atoms with Gasteiger partial charge in [0.15, 0.2) is 12.5 Å². The van der Waals surface area contributed by atoms with Gasteiger partial charge in [-0.25, -0.2) is 0 Å². The van der Waals surface area contributed by atoms with Crippen molar-refractivity contribution >= 4 is 0 Å². The van der Waals surface area contributed by atoms with Crippen molar-refractivity contribution < 1.29 is 9.47 Å². The van der Waals surface area contributed by atoms with Crippen LogP contribution in [0.3, 0.4) is 0 Å². The van der Waals surface area contributed by atoms with Crippen molar-refractivity contribution in [2.45, 2.75) is 25.3 Å². The summed E-state index contributed by atoms with van der Waals surface area (Å²) in [6.07, 6.45) is 0.443. The van der Waals surface area contributed by atoms with Crippen molar-refractivity contribution in [3.63, 3.8) is 0 Å². The quantitative estimate of drug-likeness (QED) is 0.611. The highest BCUT2D eigenvalue weighted by Gasteiger charge is 2.09. The first kappa shape index (κ1) is 18.0. The van der Waals surface area contributed by atoms with E-state index < -0.39 is 12.5 Å². The average molecular weight is 348 g/mol. The molecule has 3 rings (SSSR count). The monoisotopic (exact) mass is 348 g/mol. The molecule has 0 fully saturated rings. The predicted molar refractivity (Wildman–Crippen MR) is 104 cm³/mol. The molecule has 3 aromatic carbocycles. The molecule has 0 amide bonds. The molecule has 2 unspecified atom stereocenters. The minimum atomic E-state index is -0.401.